The first-order valence-corrected chi connectivity index (χ1v) is 7.14. The molecule has 0 radical (unpaired) electrons. The van der Waals surface area contributed by atoms with Crippen LogP contribution in [0.15, 0.2) is 48.5 Å². The number of esters is 1. The minimum Gasteiger partial charge on any atom is -0.485 e. The van der Waals surface area contributed by atoms with Crippen LogP contribution in [0.3, 0.4) is 0 Å². The lowest BCUT2D eigenvalue weighted by Crippen LogP contribution is -2.14. The third-order valence-electron chi connectivity index (χ3n) is 3.81. The largest absolute Gasteiger partial charge is 0.485 e. The number of hydrogen-bond donors (Lipinski definition) is 0. The summed E-state index contributed by atoms with van der Waals surface area (Å²) < 4.78 is 12.4. The van der Waals surface area contributed by atoms with Crippen LogP contribution in [0.25, 0.3) is 16.9 Å². The van der Waals surface area contributed by atoms with E-state index in [4.69, 9.17) is 9.47 Å². The lowest BCUT2D eigenvalue weighted by molar-refractivity contribution is 0.0601. The summed E-state index contributed by atoms with van der Waals surface area (Å²) in [5.41, 5.74) is 3.41. The molecular formula is C17H13N3O3. The average molecular weight is 307 g/mol. The average Bonchev–Trinajstić information content (AvgIpc) is 3.05. The molecule has 0 atom stereocenters. The van der Waals surface area contributed by atoms with Crippen molar-refractivity contribution in [1.82, 2.24) is 15.0 Å². The summed E-state index contributed by atoms with van der Waals surface area (Å²) in [4.78, 5) is 12.0. The number of hydrogen-bond acceptors (Lipinski definition) is 5. The highest BCUT2D eigenvalue weighted by molar-refractivity contribution is 5.97. The van der Waals surface area contributed by atoms with E-state index < -0.39 is 5.97 Å². The zero-order valence-corrected chi connectivity index (χ0v) is 12.4. The Morgan fingerprint density at radius 3 is 2.83 bits per heavy atom. The molecular weight excluding hydrogens is 294 g/mol. The molecule has 23 heavy (non-hydrogen) atoms. The Bertz CT molecular complexity index is 902. The second-order valence-electron chi connectivity index (χ2n) is 5.09. The zero-order valence-electron chi connectivity index (χ0n) is 12.4. The second kappa shape index (κ2) is 5.24. The molecule has 1 aromatic heterocycles. The Kier molecular flexibility index (Phi) is 3.08. The van der Waals surface area contributed by atoms with E-state index >= 15 is 0 Å². The number of para-hydroxylation sites is 2. The number of carbonyl (C=O) groups excluding carboxylic acids is 1. The fraction of sp³-hybridized carbons (Fsp3) is 0.118. The fourth-order valence-electron chi connectivity index (χ4n) is 2.71. The highest BCUT2D eigenvalue weighted by Gasteiger charge is 2.25. The van der Waals surface area contributed by atoms with Crippen molar-refractivity contribution < 1.29 is 14.3 Å². The Morgan fingerprint density at radius 1 is 1.17 bits per heavy atom. The van der Waals surface area contributed by atoms with Crippen molar-refractivity contribution in [3.63, 3.8) is 0 Å². The number of aromatic nitrogens is 3. The van der Waals surface area contributed by atoms with Gasteiger partial charge in [-0.3, -0.25) is 0 Å². The number of rotatable bonds is 2. The van der Waals surface area contributed by atoms with Crippen LogP contribution < -0.4 is 4.74 Å². The number of nitrogens with zero attached hydrogens (tertiary/aromatic N) is 3. The van der Waals surface area contributed by atoms with Gasteiger partial charge >= 0.3 is 5.97 Å². The third-order valence-corrected chi connectivity index (χ3v) is 3.81. The Hall–Kier alpha value is -3.15. The molecule has 0 saturated heterocycles. The number of ether oxygens (including phenoxy) is 2. The van der Waals surface area contributed by atoms with Gasteiger partial charge in [0.2, 0.25) is 0 Å². The Morgan fingerprint density at radius 2 is 1.96 bits per heavy atom. The quantitative estimate of drug-likeness (QED) is 0.681. The van der Waals surface area contributed by atoms with Crippen molar-refractivity contribution in [1.29, 1.82) is 0 Å². The van der Waals surface area contributed by atoms with Gasteiger partial charge in [0.05, 0.1) is 12.7 Å². The lowest BCUT2D eigenvalue weighted by Gasteiger charge is -2.18. The lowest BCUT2D eigenvalue weighted by atomic mass is 10.0. The van der Waals surface area contributed by atoms with Crippen LogP contribution in [0.1, 0.15) is 16.1 Å². The van der Waals surface area contributed by atoms with Crippen molar-refractivity contribution >= 4 is 5.97 Å². The summed E-state index contributed by atoms with van der Waals surface area (Å²) in [7, 11) is 1.36. The smallest absolute Gasteiger partial charge is 0.338 e. The van der Waals surface area contributed by atoms with Crippen LogP contribution in [0, 0.1) is 0 Å². The Labute approximate surface area is 132 Å². The van der Waals surface area contributed by atoms with E-state index in [0.717, 1.165) is 17.1 Å². The minimum absolute atomic E-state index is 0.342. The van der Waals surface area contributed by atoms with Gasteiger partial charge in [0.1, 0.15) is 29.4 Å². The molecule has 0 bridgehead atoms. The first-order chi connectivity index (χ1) is 11.3. The molecule has 0 aliphatic carbocycles. The highest BCUT2D eigenvalue weighted by Crippen LogP contribution is 2.33. The van der Waals surface area contributed by atoms with E-state index in [1.807, 2.05) is 36.4 Å². The van der Waals surface area contributed by atoms with Gasteiger partial charge in [-0.25, -0.2) is 9.48 Å². The van der Waals surface area contributed by atoms with Crippen LogP contribution >= 0.6 is 0 Å². The van der Waals surface area contributed by atoms with Gasteiger partial charge in [0.25, 0.3) is 0 Å². The SMILES string of the molecule is COC(=O)c1ccccc1-c1nnn2c1COc1ccccc1-2. The van der Waals surface area contributed by atoms with Gasteiger partial charge in [0.15, 0.2) is 0 Å². The van der Waals surface area contributed by atoms with E-state index in [1.165, 1.54) is 7.11 Å². The van der Waals surface area contributed by atoms with Gasteiger partial charge in [-0.2, -0.15) is 0 Å². The molecule has 2 aromatic carbocycles. The first-order valence-electron chi connectivity index (χ1n) is 7.14. The summed E-state index contributed by atoms with van der Waals surface area (Å²) in [5.74, 6) is 0.359. The second-order valence-corrected chi connectivity index (χ2v) is 5.09. The van der Waals surface area contributed by atoms with Gasteiger partial charge in [0, 0.05) is 5.56 Å². The number of fused-ring (bicyclic) bond motifs is 3. The Balaban J connectivity index is 1.89. The number of carbonyl (C=O) groups is 1. The summed E-state index contributed by atoms with van der Waals surface area (Å²) in [6, 6.07) is 14.8. The van der Waals surface area contributed by atoms with Crippen LogP contribution in [-0.4, -0.2) is 28.1 Å². The first kappa shape index (κ1) is 13.5. The molecule has 0 fully saturated rings. The normalized spacial score (nSPS) is 12.0. The summed E-state index contributed by atoms with van der Waals surface area (Å²) in [6.45, 7) is 0.342. The maximum atomic E-state index is 12.0. The molecule has 0 N–H and O–H groups in total. The van der Waals surface area contributed by atoms with E-state index in [2.05, 4.69) is 10.3 Å². The maximum Gasteiger partial charge on any atom is 0.338 e. The molecule has 1 aliphatic heterocycles. The number of benzene rings is 2. The maximum absolute atomic E-state index is 12.0. The van der Waals surface area contributed by atoms with Crippen molar-refractivity contribution in [3.05, 3.63) is 59.8 Å². The van der Waals surface area contributed by atoms with E-state index in [0.29, 0.717) is 23.4 Å². The van der Waals surface area contributed by atoms with E-state index in [-0.39, 0.29) is 0 Å². The highest BCUT2D eigenvalue weighted by atomic mass is 16.5. The van der Waals surface area contributed by atoms with Gasteiger partial charge in [-0.15, -0.1) is 5.10 Å². The van der Waals surface area contributed by atoms with Crippen molar-refractivity contribution in [2.75, 3.05) is 7.11 Å². The molecule has 2 heterocycles. The van der Waals surface area contributed by atoms with Gasteiger partial charge < -0.3 is 9.47 Å². The number of methoxy groups -OCH3 is 1. The van der Waals surface area contributed by atoms with Crippen LogP contribution in [-0.2, 0) is 11.3 Å². The molecule has 0 saturated carbocycles. The predicted molar refractivity (Wildman–Crippen MR) is 82.5 cm³/mol. The summed E-state index contributed by atoms with van der Waals surface area (Å²) >= 11 is 0. The van der Waals surface area contributed by atoms with Crippen molar-refractivity contribution in [3.8, 4) is 22.7 Å². The molecule has 6 nitrogen and oxygen atoms in total. The van der Waals surface area contributed by atoms with Crippen molar-refractivity contribution in [2.45, 2.75) is 6.61 Å². The topological polar surface area (TPSA) is 66.2 Å². The fourth-order valence-corrected chi connectivity index (χ4v) is 2.71. The molecule has 0 amide bonds. The molecule has 1 aliphatic rings. The monoisotopic (exact) mass is 307 g/mol. The van der Waals surface area contributed by atoms with E-state index in [1.54, 1.807) is 16.8 Å². The van der Waals surface area contributed by atoms with Crippen LogP contribution in [0.4, 0.5) is 0 Å². The molecule has 3 aromatic rings. The molecule has 0 spiro atoms. The van der Waals surface area contributed by atoms with Gasteiger partial charge in [-0.1, -0.05) is 35.5 Å². The van der Waals surface area contributed by atoms with E-state index in [9.17, 15) is 4.79 Å². The molecule has 0 unspecified atom stereocenters. The summed E-state index contributed by atoms with van der Waals surface area (Å²) in [5, 5.41) is 8.50. The van der Waals surface area contributed by atoms with Crippen LogP contribution in [0.5, 0.6) is 5.75 Å². The predicted octanol–water partition coefficient (Wildman–Crippen LogP) is 2.61. The molecule has 6 heteroatoms. The minimum atomic E-state index is -0.403. The van der Waals surface area contributed by atoms with Crippen molar-refractivity contribution in [2.24, 2.45) is 0 Å². The van der Waals surface area contributed by atoms with Crippen LogP contribution in [0.2, 0.25) is 0 Å². The summed E-state index contributed by atoms with van der Waals surface area (Å²) in [6.07, 6.45) is 0. The van der Waals surface area contributed by atoms with Gasteiger partial charge in [-0.05, 0) is 18.2 Å². The third kappa shape index (κ3) is 2.07. The molecule has 4 rings (SSSR count). The standard InChI is InChI=1S/C17H13N3O3/c1-22-17(21)12-7-3-2-6-11(12)16-14-10-23-15-9-5-4-8-13(15)20(14)19-18-16/h2-9H,10H2,1H3. The zero-order chi connectivity index (χ0) is 15.8. The molecule has 114 valence electrons.